The summed E-state index contributed by atoms with van der Waals surface area (Å²) >= 11 is -0.0549. The van der Waals surface area contributed by atoms with Crippen LogP contribution in [0.5, 0.6) is 0 Å². The van der Waals surface area contributed by atoms with Crippen LogP contribution in [0, 0.1) is 3.57 Å². The van der Waals surface area contributed by atoms with Gasteiger partial charge >= 0.3 is 94.0 Å². The van der Waals surface area contributed by atoms with E-state index < -0.39 is 0 Å². The average molecular weight is 308 g/mol. The van der Waals surface area contributed by atoms with Crippen LogP contribution in [0.2, 0.25) is 0 Å². The molecule has 0 fully saturated rings. The summed E-state index contributed by atoms with van der Waals surface area (Å²) in [5, 5.41) is 0. The number of anilines is 1. The Labute approximate surface area is 94.0 Å². The molecule has 0 aliphatic rings. The van der Waals surface area contributed by atoms with Gasteiger partial charge in [0.25, 0.3) is 0 Å². The second-order valence-electron chi connectivity index (χ2n) is 2.93. The molecule has 80 valence electrons. The van der Waals surface area contributed by atoms with Gasteiger partial charge in [-0.25, -0.2) is 0 Å². The Balaban J connectivity index is 2.34. The van der Waals surface area contributed by atoms with Crippen molar-refractivity contribution in [3.8, 4) is 0 Å². The first-order valence-electron chi connectivity index (χ1n) is 4.24. The van der Waals surface area contributed by atoms with Crippen molar-refractivity contribution in [2.24, 2.45) is 11.6 Å². The molecule has 0 saturated carbocycles. The SMILES string of the molecule is NOCC(N)C[I-]c1ccc(N)cc1. The number of hydrogen-bond donors (Lipinski definition) is 3. The van der Waals surface area contributed by atoms with E-state index in [1.165, 1.54) is 3.57 Å². The zero-order valence-electron chi connectivity index (χ0n) is 7.82. The number of nitrogen functional groups attached to an aromatic ring is 1. The van der Waals surface area contributed by atoms with Crippen molar-refractivity contribution in [2.75, 3.05) is 16.8 Å². The van der Waals surface area contributed by atoms with Crippen molar-refractivity contribution in [1.82, 2.24) is 0 Å². The Kier molecular flexibility index (Phi) is 5.16. The monoisotopic (exact) mass is 308 g/mol. The maximum absolute atomic E-state index is 5.76. The molecule has 0 aliphatic carbocycles. The van der Waals surface area contributed by atoms with Gasteiger partial charge in [-0.05, 0) is 0 Å². The number of halogens is 1. The number of hydrogen-bond acceptors (Lipinski definition) is 4. The molecule has 5 heteroatoms. The van der Waals surface area contributed by atoms with E-state index >= 15 is 0 Å². The summed E-state index contributed by atoms with van der Waals surface area (Å²) < 4.78 is 2.31. The first kappa shape index (κ1) is 11.7. The molecule has 14 heavy (non-hydrogen) atoms. The van der Waals surface area contributed by atoms with Crippen LogP contribution >= 0.6 is 0 Å². The van der Waals surface area contributed by atoms with Crippen LogP contribution in [-0.4, -0.2) is 17.1 Å². The van der Waals surface area contributed by atoms with E-state index in [2.05, 4.69) is 17.0 Å². The van der Waals surface area contributed by atoms with E-state index in [1.54, 1.807) is 0 Å². The molecule has 1 aromatic rings. The molecule has 1 unspecified atom stereocenters. The van der Waals surface area contributed by atoms with Gasteiger partial charge in [0.15, 0.2) is 0 Å². The van der Waals surface area contributed by atoms with E-state index in [-0.39, 0.29) is 27.2 Å². The Morgan fingerprint density at radius 3 is 2.50 bits per heavy atom. The molecule has 0 saturated heterocycles. The molecule has 6 N–H and O–H groups in total. The van der Waals surface area contributed by atoms with E-state index in [9.17, 15) is 0 Å². The minimum atomic E-state index is -0.0549. The summed E-state index contributed by atoms with van der Waals surface area (Å²) in [6.07, 6.45) is 0. The molecular weight excluding hydrogens is 293 g/mol. The third-order valence-electron chi connectivity index (χ3n) is 1.61. The molecule has 0 radical (unpaired) electrons. The fourth-order valence-corrected chi connectivity index (χ4v) is 3.10. The molecular formula is C9H15IN3O-. The Bertz CT molecular complexity index is 265. The van der Waals surface area contributed by atoms with Gasteiger partial charge in [0, 0.05) is 0 Å². The molecule has 1 rings (SSSR count). The fraction of sp³-hybridized carbons (Fsp3) is 0.333. The van der Waals surface area contributed by atoms with Crippen LogP contribution < -0.4 is 38.6 Å². The van der Waals surface area contributed by atoms with Crippen LogP contribution in [0.3, 0.4) is 0 Å². The number of benzene rings is 1. The Morgan fingerprint density at radius 2 is 1.93 bits per heavy atom. The van der Waals surface area contributed by atoms with Gasteiger partial charge in [-0.3, -0.25) is 0 Å². The summed E-state index contributed by atoms with van der Waals surface area (Å²) in [7, 11) is 0. The second-order valence-corrected chi connectivity index (χ2v) is 5.82. The predicted molar refractivity (Wildman–Crippen MR) is 52.5 cm³/mol. The average Bonchev–Trinajstić information content (AvgIpc) is 2.17. The summed E-state index contributed by atoms with van der Waals surface area (Å²) in [4.78, 5) is 4.48. The van der Waals surface area contributed by atoms with Crippen LogP contribution in [0.4, 0.5) is 5.69 Å². The maximum atomic E-state index is 5.76. The number of rotatable bonds is 5. The first-order chi connectivity index (χ1) is 6.72. The van der Waals surface area contributed by atoms with Crippen molar-refractivity contribution in [3.63, 3.8) is 0 Å². The first-order valence-corrected chi connectivity index (χ1v) is 6.84. The summed E-state index contributed by atoms with van der Waals surface area (Å²) in [6, 6.07) is 7.99. The Hall–Kier alpha value is -0.370. The van der Waals surface area contributed by atoms with Crippen molar-refractivity contribution in [1.29, 1.82) is 0 Å². The van der Waals surface area contributed by atoms with Crippen LogP contribution in [0.1, 0.15) is 0 Å². The summed E-state index contributed by atoms with van der Waals surface area (Å²) in [6.45, 7) is 0.425. The van der Waals surface area contributed by atoms with Crippen molar-refractivity contribution < 1.29 is 26.0 Å². The van der Waals surface area contributed by atoms with Crippen LogP contribution in [0.15, 0.2) is 24.3 Å². The van der Waals surface area contributed by atoms with Crippen molar-refractivity contribution in [2.45, 2.75) is 6.04 Å². The number of alkyl halides is 1. The molecule has 0 amide bonds. The van der Waals surface area contributed by atoms with E-state index in [4.69, 9.17) is 17.4 Å². The zero-order valence-corrected chi connectivity index (χ0v) is 9.98. The molecule has 0 aliphatic heterocycles. The van der Waals surface area contributed by atoms with Crippen molar-refractivity contribution in [3.05, 3.63) is 27.8 Å². The second kappa shape index (κ2) is 6.18. The summed E-state index contributed by atoms with van der Waals surface area (Å²) in [5.41, 5.74) is 12.1. The number of nitrogens with two attached hydrogens (primary N) is 3. The normalized spacial score (nSPS) is 13.0. The Morgan fingerprint density at radius 1 is 1.29 bits per heavy atom. The van der Waals surface area contributed by atoms with Gasteiger partial charge in [-0.1, -0.05) is 0 Å². The van der Waals surface area contributed by atoms with Gasteiger partial charge in [0.05, 0.1) is 0 Å². The van der Waals surface area contributed by atoms with Gasteiger partial charge in [0.1, 0.15) is 0 Å². The third-order valence-corrected chi connectivity index (χ3v) is 4.78. The molecule has 1 atom stereocenters. The van der Waals surface area contributed by atoms with Gasteiger partial charge in [-0.15, -0.1) is 0 Å². The predicted octanol–water partition coefficient (Wildman–Crippen LogP) is -3.25. The van der Waals surface area contributed by atoms with Gasteiger partial charge < -0.3 is 0 Å². The molecule has 0 bridgehead atoms. The molecule has 1 aromatic carbocycles. The fourth-order valence-electron chi connectivity index (χ4n) is 0.908. The quantitative estimate of drug-likeness (QED) is 0.231. The van der Waals surface area contributed by atoms with E-state index in [1.807, 2.05) is 12.1 Å². The topological polar surface area (TPSA) is 87.3 Å². The standard InChI is InChI=1S/C9H15IN3O/c11-8-3-1-7(2-4-8)10-5-9(12)6-14-13/h1-4,9H,5-6,11-13H2/q-1. The van der Waals surface area contributed by atoms with Gasteiger partial charge in [-0.2, -0.15) is 0 Å². The van der Waals surface area contributed by atoms with Gasteiger partial charge in [0.2, 0.25) is 0 Å². The third kappa shape index (κ3) is 4.23. The minimum absolute atomic E-state index is 0.0466. The zero-order chi connectivity index (χ0) is 10.4. The van der Waals surface area contributed by atoms with E-state index in [0.717, 1.165) is 10.1 Å². The van der Waals surface area contributed by atoms with E-state index in [0.29, 0.717) is 6.61 Å². The molecule has 0 spiro atoms. The molecule has 0 heterocycles. The van der Waals surface area contributed by atoms with Crippen LogP contribution in [0.25, 0.3) is 0 Å². The summed E-state index contributed by atoms with van der Waals surface area (Å²) in [5.74, 6) is 4.93. The van der Waals surface area contributed by atoms with Crippen LogP contribution in [-0.2, 0) is 4.84 Å². The van der Waals surface area contributed by atoms with Crippen molar-refractivity contribution >= 4 is 5.69 Å². The molecule has 0 aromatic heterocycles. The molecule has 4 nitrogen and oxygen atoms in total.